The Balaban J connectivity index is 1.57. The molecule has 5 heteroatoms. The molecule has 0 saturated heterocycles. The van der Waals surface area contributed by atoms with Crippen LogP contribution in [-0.4, -0.2) is 28.0 Å². The molecule has 4 aromatic rings. The number of aromatic nitrogens is 3. The van der Waals surface area contributed by atoms with Crippen molar-refractivity contribution in [1.29, 1.82) is 0 Å². The molecule has 1 aliphatic heterocycles. The summed E-state index contributed by atoms with van der Waals surface area (Å²) in [5.41, 5.74) is 6.90. The van der Waals surface area contributed by atoms with Crippen molar-refractivity contribution in [3.8, 4) is 22.4 Å². The van der Waals surface area contributed by atoms with E-state index in [-0.39, 0.29) is 0 Å². The van der Waals surface area contributed by atoms with Crippen LogP contribution >= 0.6 is 0 Å². The average Bonchev–Trinajstić information content (AvgIpc) is 2.86. The number of rotatable bonds is 5. The van der Waals surface area contributed by atoms with Gasteiger partial charge in [0.25, 0.3) is 0 Å². The lowest BCUT2D eigenvalue weighted by Gasteiger charge is -2.15. The highest BCUT2D eigenvalue weighted by Gasteiger charge is 2.11. The molecule has 1 aliphatic rings. The maximum Gasteiger partial charge on any atom is 0.150 e. The second-order valence-electron chi connectivity index (χ2n) is 7.47. The van der Waals surface area contributed by atoms with Crippen LogP contribution in [-0.2, 0) is 0 Å². The number of hydrogen-bond acceptors (Lipinski definition) is 5. The van der Waals surface area contributed by atoms with Crippen molar-refractivity contribution >= 4 is 17.2 Å². The first-order chi connectivity index (χ1) is 15.3. The summed E-state index contributed by atoms with van der Waals surface area (Å²) in [4.78, 5) is 13.4. The van der Waals surface area contributed by atoms with E-state index in [4.69, 9.17) is 4.98 Å². The van der Waals surface area contributed by atoms with Gasteiger partial charge >= 0.3 is 0 Å². The summed E-state index contributed by atoms with van der Waals surface area (Å²) >= 11 is 0. The Morgan fingerprint density at radius 1 is 0.774 bits per heavy atom. The van der Waals surface area contributed by atoms with Crippen molar-refractivity contribution in [2.24, 2.45) is 0 Å². The minimum Gasteiger partial charge on any atom is -0.324 e. The number of anilines is 2. The second kappa shape index (κ2) is 8.90. The summed E-state index contributed by atoms with van der Waals surface area (Å²) in [7, 11) is 0. The standard InChI is InChI=1S/C26H23N5/c1-2-5-19(6-3-1)23-16-24(30-25(17-23)31-26-18-28-13-14-29-26)22-8-4-7-21(15-22)20-9-11-27-12-10-20/h1-9,13-18,27H,10-12H2,(H,29,30,31). The topological polar surface area (TPSA) is 62.7 Å². The minimum atomic E-state index is 0.666. The van der Waals surface area contributed by atoms with Gasteiger partial charge in [-0.15, -0.1) is 0 Å². The third-order valence-electron chi connectivity index (χ3n) is 5.34. The van der Waals surface area contributed by atoms with Crippen molar-refractivity contribution < 1.29 is 0 Å². The van der Waals surface area contributed by atoms with E-state index in [0.29, 0.717) is 5.82 Å². The molecule has 152 valence electrons. The highest BCUT2D eigenvalue weighted by atomic mass is 15.1. The van der Waals surface area contributed by atoms with Gasteiger partial charge in [-0.3, -0.25) is 4.98 Å². The molecule has 2 N–H and O–H groups in total. The Morgan fingerprint density at radius 3 is 2.45 bits per heavy atom. The van der Waals surface area contributed by atoms with Crippen molar-refractivity contribution in [1.82, 2.24) is 20.3 Å². The van der Waals surface area contributed by atoms with E-state index >= 15 is 0 Å². The summed E-state index contributed by atoms with van der Waals surface area (Å²) in [6, 6.07) is 23.2. The molecule has 0 amide bonds. The molecule has 2 aromatic carbocycles. The van der Waals surface area contributed by atoms with Gasteiger partial charge in [0.2, 0.25) is 0 Å². The van der Waals surface area contributed by atoms with Crippen molar-refractivity contribution in [2.75, 3.05) is 18.4 Å². The van der Waals surface area contributed by atoms with Gasteiger partial charge in [0.1, 0.15) is 11.6 Å². The van der Waals surface area contributed by atoms with Gasteiger partial charge in [0, 0.05) is 24.5 Å². The first-order valence-electron chi connectivity index (χ1n) is 10.5. The lowest BCUT2D eigenvalue weighted by atomic mass is 9.96. The number of nitrogens with one attached hydrogen (secondary N) is 2. The van der Waals surface area contributed by atoms with Crippen molar-refractivity contribution in [2.45, 2.75) is 6.42 Å². The van der Waals surface area contributed by atoms with Crippen LogP contribution in [0.15, 0.2) is 91.4 Å². The SMILES string of the molecule is C1=C(c2cccc(-c3cc(-c4ccccc4)cc(Nc4cnccn4)n3)c2)CCNC1. The molecule has 0 bridgehead atoms. The molecule has 0 saturated carbocycles. The molecule has 0 aliphatic carbocycles. The molecule has 0 atom stereocenters. The van der Waals surface area contributed by atoms with E-state index in [1.807, 2.05) is 12.1 Å². The van der Waals surface area contributed by atoms with Crippen molar-refractivity contribution in [3.05, 3.63) is 97.0 Å². The second-order valence-corrected chi connectivity index (χ2v) is 7.47. The van der Waals surface area contributed by atoms with Gasteiger partial charge < -0.3 is 10.6 Å². The van der Waals surface area contributed by atoms with Crippen LogP contribution in [0.4, 0.5) is 11.6 Å². The highest BCUT2D eigenvalue weighted by molar-refractivity contribution is 5.77. The largest absolute Gasteiger partial charge is 0.324 e. The van der Waals surface area contributed by atoms with E-state index in [2.05, 4.69) is 81.3 Å². The van der Waals surface area contributed by atoms with Crippen LogP contribution < -0.4 is 10.6 Å². The third kappa shape index (κ3) is 4.52. The lowest BCUT2D eigenvalue weighted by Crippen LogP contribution is -2.19. The molecule has 0 radical (unpaired) electrons. The van der Waals surface area contributed by atoms with Crippen LogP contribution in [0.2, 0.25) is 0 Å². The van der Waals surface area contributed by atoms with E-state index in [9.17, 15) is 0 Å². The summed E-state index contributed by atoms with van der Waals surface area (Å²) in [6.07, 6.45) is 8.34. The average molecular weight is 406 g/mol. The van der Waals surface area contributed by atoms with Crippen molar-refractivity contribution in [3.63, 3.8) is 0 Å². The third-order valence-corrected chi connectivity index (χ3v) is 5.34. The summed E-state index contributed by atoms with van der Waals surface area (Å²) in [5, 5.41) is 6.68. The number of pyridine rings is 1. The Kier molecular flexibility index (Phi) is 5.50. The zero-order valence-corrected chi connectivity index (χ0v) is 17.1. The number of nitrogens with zero attached hydrogens (tertiary/aromatic N) is 3. The first-order valence-corrected chi connectivity index (χ1v) is 10.5. The fourth-order valence-electron chi connectivity index (χ4n) is 3.80. The number of hydrogen-bond donors (Lipinski definition) is 2. The van der Waals surface area contributed by atoms with Crippen LogP contribution in [0.3, 0.4) is 0 Å². The van der Waals surface area contributed by atoms with Crippen LogP contribution in [0, 0.1) is 0 Å². The van der Waals surface area contributed by atoms with E-state index < -0.39 is 0 Å². The zero-order chi connectivity index (χ0) is 20.9. The maximum atomic E-state index is 4.90. The predicted molar refractivity (Wildman–Crippen MR) is 126 cm³/mol. The Hall–Kier alpha value is -3.83. The molecule has 0 unspecified atom stereocenters. The monoisotopic (exact) mass is 405 g/mol. The first kappa shape index (κ1) is 19.2. The smallest absolute Gasteiger partial charge is 0.150 e. The molecule has 31 heavy (non-hydrogen) atoms. The normalized spacial score (nSPS) is 13.5. The van der Waals surface area contributed by atoms with Crippen LogP contribution in [0.1, 0.15) is 12.0 Å². The Bertz CT molecular complexity index is 1200. The maximum absolute atomic E-state index is 4.90. The zero-order valence-electron chi connectivity index (χ0n) is 17.1. The summed E-state index contributed by atoms with van der Waals surface area (Å²) in [5.74, 6) is 1.41. The van der Waals surface area contributed by atoms with Crippen LogP contribution in [0.25, 0.3) is 28.0 Å². The Labute approximate surface area is 181 Å². The number of benzene rings is 2. The quantitative estimate of drug-likeness (QED) is 0.470. The van der Waals surface area contributed by atoms with E-state index in [0.717, 1.165) is 47.7 Å². The molecular formula is C26H23N5. The summed E-state index contributed by atoms with van der Waals surface area (Å²) < 4.78 is 0. The molecule has 2 aromatic heterocycles. The molecule has 0 spiro atoms. The van der Waals surface area contributed by atoms with E-state index in [1.54, 1.807) is 18.6 Å². The molecule has 5 rings (SSSR count). The fourth-order valence-corrected chi connectivity index (χ4v) is 3.80. The predicted octanol–water partition coefficient (Wildman–Crippen LogP) is 5.33. The van der Waals surface area contributed by atoms with Gasteiger partial charge in [-0.25, -0.2) is 9.97 Å². The van der Waals surface area contributed by atoms with E-state index in [1.165, 1.54) is 11.1 Å². The van der Waals surface area contributed by atoms with Crippen LogP contribution in [0.5, 0.6) is 0 Å². The van der Waals surface area contributed by atoms with Gasteiger partial charge in [0.05, 0.1) is 11.9 Å². The van der Waals surface area contributed by atoms with Gasteiger partial charge in [-0.1, -0.05) is 54.6 Å². The molecular weight excluding hydrogens is 382 g/mol. The van der Waals surface area contributed by atoms with Gasteiger partial charge in [0.15, 0.2) is 0 Å². The molecule has 0 fully saturated rings. The fraction of sp³-hybridized carbons (Fsp3) is 0.115. The van der Waals surface area contributed by atoms with Gasteiger partial charge in [-0.2, -0.15) is 0 Å². The van der Waals surface area contributed by atoms with Gasteiger partial charge in [-0.05, 0) is 53.4 Å². The highest BCUT2D eigenvalue weighted by Crippen LogP contribution is 2.30. The molecule has 3 heterocycles. The summed E-state index contributed by atoms with van der Waals surface area (Å²) in [6.45, 7) is 1.94. The Morgan fingerprint density at radius 2 is 1.65 bits per heavy atom. The molecule has 5 nitrogen and oxygen atoms in total. The minimum absolute atomic E-state index is 0.666. The lowest BCUT2D eigenvalue weighted by molar-refractivity contribution is 0.738.